The number of piperidine rings is 1. The van der Waals surface area contributed by atoms with Crippen molar-refractivity contribution >= 4 is 50.4 Å². The van der Waals surface area contributed by atoms with E-state index in [2.05, 4.69) is 26.2 Å². The molecule has 1 saturated heterocycles. The minimum absolute atomic E-state index is 0.00464. The number of rotatable bonds is 4. The van der Waals surface area contributed by atoms with Crippen LogP contribution in [0.25, 0.3) is 9.88 Å². The van der Waals surface area contributed by atoms with Gasteiger partial charge < -0.3 is 10.2 Å². The quantitative estimate of drug-likeness (QED) is 0.813. The topological polar surface area (TPSA) is 62.3 Å². The first-order valence-corrected chi connectivity index (χ1v) is 10.3. The Labute approximate surface area is 157 Å². The number of amides is 2. The second-order valence-electron chi connectivity index (χ2n) is 5.81. The van der Waals surface area contributed by atoms with Crippen LogP contribution in [0.1, 0.15) is 25.5 Å². The van der Waals surface area contributed by atoms with Gasteiger partial charge in [0.2, 0.25) is 11.8 Å². The molecule has 0 spiro atoms. The summed E-state index contributed by atoms with van der Waals surface area (Å²) in [7, 11) is 0. The van der Waals surface area contributed by atoms with Crippen molar-refractivity contribution < 1.29 is 9.59 Å². The van der Waals surface area contributed by atoms with Crippen molar-refractivity contribution in [2.75, 3.05) is 13.1 Å². The van der Waals surface area contributed by atoms with E-state index in [-0.39, 0.29) is 17.9 Å². The fraction of sp³-hybridized carbons (Fsp3) is 0.438. The number of thiazole rings is 1. The molecular formula is C16H18BrN3O2S2. The molecule has 0 atom stereocenters. The summed E-state index contributed by atoms with van der Waals surface area (Å²) < 4.78 is 1.05. The molecule has 0 bridgehead atoms. The zero-order chi connectivity index (χ0) is 17.1. The zero-order valence-electron chi connectivity index (χ0n) is 13.3. The van der Waals surface area contributed by atoms with Gasteiger partial charge in [0.05, 0.1) is 17.0 Å². The molecule has 1 aliphatic rings. The Morgan fingerprint density at radius 3 is 2.71 bits per heavy atom. The Morgan fingerprint density at radius 1 is 1.33 bits per heavy atom. The first-order valence-electron chi connectivity index (χ1n) is 7.75. The molecule has 24 heavy (non-hydrogen) atoms. The molecule has 2 aromatic rings. The highest BCUT2D eigenvalue weighted by molar-refractivity contribution is 9.10. The molecule has 1 N–H and O–H groups in total. The molecule has 3 rings (SSSR count). The standard InChI is InChI=1S/C16H18BrN3O2S2/c1-10(21)18-12-2-4-20(5-3-12)15(22)7-13-9-24-16(19-13)14-6-11(17)8-23-14/h6,8-9,12H,2-5,7H2,1H3,(H,18,21). The summed E-state index contributed by atoms with van der Waals surface area (Å²) in [5.74, 6) is 0.107. The minimum Gasteiger partial charge on any atom is -0.353 e. The maximum absolute atomic E-state index is 12.4. The van der Waals surface area contributed by atoms with Crippen LogP contribution in [0.3, 0.4) is 0 Å². The lowest BCUT2D eigenvalue weighted by Crippen LogP contribution is -2.46. The van der Waals surface area contributed by atoms with Crippen molar-refractivity contribution in [3.63, 3.8) is 0 Å². The number of nitrogens with one attached hydrogen (secondary N) is 1. The molecule has 3 heterocycles. The summed E-state index contributed by atoms with van der Waals surface area (Å²) >= 11 is 6.66. The second kappa shape index (κ2) is 7.76. The van der Waals surface area contributed by atoms with E-state index >= 15 is 0 Å². The van der Waals surface area contributed by atoms with Gasteiger partial charge in [-0.1, -0.05) is 0 Å². The highest BCUT2D eigenvalue weighted by Crippen LogP contribution is 2.32. The summed E-state index contributed by atoms with van der Waals surface area (Å²) in [6, 6.07) is 2.23. The molecule has 8 heteroatoms. The van der Waals surface area contributed by atoms with Crippen molar-refractivity contribution in [3.8, 4) is 9.88 Å². The maximum Gasteiger partial charge on any atom is 0.228 e. The molecule has 5 nitrogen and oxygen atoms in total. The SMILES string of the molecule is CC(=O)NC1CCN(C(=O)Cc2csc(-c3cc(Br)cs3)n2)CC1. The van der Waals surface area contributed by atoms with E-state index in [1.165, 1.54) is 6.92 Å². The van der Waals surface area contributed by atoms with E-state index < -0.39 is 0 Å². The predicted molar refractivity (Wildman–Crippen MR) is 100 cm³/mol. The molecule has 128 valence electrons. The van der Waals surface area contributed by atoms with Crippen LogP contribution in [0.4, 0.5) is 0 Å². The van der Waals surface area contributed by atoms with Gasteiger partial charge in [-0.25, -0.2) is 4.98 Å². The lowest BCUT2D eigenvalue weighted by molar-refractivity contribution is -0.131. The third-order valence-electron chi connectivity index (χ3n) is 3.92. The largest absolute Gasteiger partial charge is 0.353 e. The number of likely N-dealkylation sites (tertiary alicyclic amines) is 1. The summed E-state index contributed by atoms with van der Waals surface area (Å²) in [6.07, 6.45) is 1.97. The Hall–Kier alpha value is -1.25. The number of nitrogens with zero attached hydrogens (tertiary/aromatic N) is 2. The molecule has 0 aromatic carbocycles. The first-order chi connectivity index (χ1) is 11.5. The molecule has 0 aliphatic carbocycles. The van der Waals surface area contributed by atoms with Crippen molar-refractivity contribution in [2.45, 2.75) is 32.2 Å². The lowest BCUT2D eigenvalue weighted by atomic mass is 10.0. The van der Waals surface area contributed by atoms with Crippen molar-refractivity contribution in [2.24, 2.45) is 0 Å². The van der Waals surface area contributed by atoms with Crippen molar-refractivity contribution in [3.05, 3.63) is 27.0 Å². The van der Waals surface area contributed by atoms with Gasteiger partial charge in [0, 0.05) is 41.3 Å². The molecule has 1 aliphatic heterocycles. The van der Waals surface area contributed by atoms with Crippen LogP contribution in [0, 0.1) is 0 Å². The van der Waals surface area contributed by atoms with Crippen molar-refractivity contribution in [1.82, 2.24) is 15.2 Å². The van der Waals surface area contributed by atoms with Crippen LogP contribution in [0.2, 0.25) is 0 Å². The van der Waals surface area contributed by atoms with Gasteiger partial charge in [0.25, 0.3) is 0 Å². The van der Waals surface area contributed by atoms with E-state index in [4.69, 9.17) is 0 Å². The number of aromatic nitrogens is 1. The molecular weight excluding hydrogens is 410 g/mol. The predicted octanol–water partition coefficient (Wildman–Crippen LogP) is 3.30. The monoisotopic (exact) mass is 427 g/mol. The normalized spacial score (nSPS) is 15.5. The molecule has 2 amide bonds. The Kier molecular flexibility index (Phi) is 5.68. The zero-order valence-corrected chi connectivity index (χ0v) is 16.5. The first kappa shape index (κ1) is 17.6. The van der Waals surface area contributed by atoms with Crippen LogP contribution in [0.15, 0.2) is 21.3 Å². The summed E-state index contributed by atoms with van der Waals surface area (Å²) in [5, 5.41) is 7.87. The molecule has 1 fully saturated rings. The highest BCUT2D eigenvalue weighted by Gasteiger charge is 2.23. The molecule has 0 unspecified atom stereocenters. The third kappa shape index (κ3) is 4.43. The number of halogens is 1. The Bertz CT molecular complexity index is 735. The summed E-state index contributed by atoms with van der Waals surface area (Å²) in [5.41, 5.74) is 0.827. The van der Waals surface area contributed by atoms with Gasteiger partial charge in [0.1, 0.15) is 5.01 Å². The van der Waals surface area contributed by atoms with Gasteiger partial charge in [-0.05, 0) is 34.8 Å². The summed E-state index contributed by atoms with van der Waals surface area (Å²) in [4.78, 5) is 31.1. The maximum atomic E-state index is 12.4. The average Bonchev–Trinajstić information content (AvgIpc) is 3.16. The van der Waals surface area contributed by atoms with Crippen LogP contribution >= 0.6 is 38.6 Å². The van der Waals surface area contributed by atoms with E-state index in [0.717, 1.165) is 32.9 Å². The number of hydrogen-bond acceptors (Lipinski definition) is 5. The summed E-state index contributed by atoms with van der Waals surface area (Å²) in [6.45, 7) is 2.92. The minimum atomic E-state index is -0.00464. The fourth-order valence-corrected chi connectivity index (χ4v) is 5.08. The van der Waals surface area contributed by atoms with E-state index in [1.807, 2.05) is 21.7 Å². The van der Waals surface area contributed by atoms with Crippen molar-refractivity contribution in [1.29, 1.82) is 0 Å². The highest BCUT2D eigenvalue weighted by atomic mass is 79.9. The number of carbonyl (C=O) groups excluding carboxylic acids is 2. The molecule has 2 aromatic heterocycles. The van der Waals surface area contributed by atoms with E-state index in [9.17, 15) is 9.59 Å². The smallest absolute Gasteiger partial charge is 0.228 e. The van der Waals surface area contributed by atoms with Crippen LogP contribution in [0.5, 0.6) is 0 Å². The van der Waals surface area contributed by atoms with E-state index in [1.54, 1.807) is 22.7 Å². The van der Waals surface area contributed by atoms with Crippen LogP contribution < -0.4 is 5.32 Å². The lowest BCUT2D eigenvalue weighted by Gasteiger charge is -2.32. The average molecular weight is 428 g/mol. The molecule has 0 saturated carbocycles. The Morgan fingerprint density at radius 2 is 2.08 bits per heavy atom. The third-order valence-corrected chi connectivity index (χ3v) is 6.67. The van der Waals surface area contributed by atoms with Gasteiger partial charge in [-0.15, -0.1) is 22.7 Å². The van der Waals surface area contributed by atoms with Crippen LogP contribution in [-0.2, 0) is 16.0 Å². The van der Waals surface area contributed by atoms with Crippen LogP contribution in [-0.4, -0.2) is 40.8 Å². The Balaban J connectivity index is 1.54. The number of carbonyl (C=O) groups is 2. The van der Waals surface area contributed by atoms with Gasteiger partial charge >= 0.3 is 0 Å². The molecule has 0 radical (unpaired) electrons. The van der Waals surface area contributed by atoms with Gasteiger partial charge in [-0.2, -0.15) is 0 Å². The second-order valence-corrected chi connectivity index (χ2v) is 8.49. The van der Waals surface area contributed by atoms with E-state index in [0.29, 0.717) is 19.5 Å². The number of thiophene rings is 1. The number of hydrogen-bond donors (Lipinski definition) is 1. The van der Waals surface area contributed by atoms with Gasteiger partial charge in [-0.3, -0.25) is 9.59 Å². The fourth-order valence-electron chi connectivity index (χ4n) is 2.75. The van der Waals surface area contributed by atoms with Gasteiger partial charge in [0.15, 0.2) is 0 Å².